The zero-order valence-electron chi connectivity index (χ0n) is 14.5. The number of hydrogen-bond acceptors (Lipinski definition) is 4. The Bertz CT molecular complexity index is 847. The van der Waals surface area contributed by atoms with E-state index in [0.717, 1.165) is 16.9 Å². The molecular formula is C18H22N2O3S2. The quantitative estimate of drug-likeness (QED) is 0.573. The van der Waals surface area contributed by atoms with Crippen LogP contribution in [0.4, 0.5) is 5.69 Å². The molecular weight excluding hydrogens is 356 g/mol. The van der Waals surface area contributed by atoms with Crippen molar-refractivity contribution in [1.82, 2.24) is 5.32 Å². The van der Waals surface area contributed by atoms with Crippen LogP contribution in [0.2, 0.25) is 0 Å². The fourth-order valence-corrected chi connectivity index (χ4v) is 3.64. The van der Waals surface area contributed by atoms with Gasteiger partial charge in [0.2, 0.25) is 10.0 Å². The molecule has 0 aromatic heterocycles. The molecule has 0 aliphatic heterocycles. The summed E-state index contributed by atoms with van der Waals surface area (Å²) in [6.45, 7) is 4.30. The number of carbonyl (C=O) groups is 1. The lowest BCUT2D eigenvalue weighted by molar-refractivity contribution is 0.0955. The predicted molar refractivity (Wildman–Crippen MR) is 104 cm³/mol. The van der Waals surface area contributed by atoms with E-state index in [4.69, 9.17) is 0 Å². The Morgan fingerprint density at radius 1 is 1.08 bits per heavy atom. The number of sulfonamides is 1. The molecule has 0 bridgehead atoms. The van der Waals surface area contributed by atoms with Crippen molar-refractivity contribution in [3.63, 3.8) is 0 Å². The molecule has 7 heteroatoms. The molecule has 0 aliphatic carbocycles. The highest BCUT2D eigenvalue weighted by atomic mass is 32.2. The first kappa shape index (κ1) is 19.3. The Balaban J connectivity index is 1.92. The van der Waals surface area contributed by atoms with E-state index in [1.54, 1.807) is 36.9 Å². The SMILES string of the molecule is Cc1ccc(SCCNC(=O)c2cccc(NS(C)(=O)=O)c2C)cc1. The smallest absolute Gasteiger partial charge is 0.251 e. The molecule has 0 saturated heterocycles. The molecule has 2 N–H and O–H groups in total. The lowest BCUT2D eigenvalue weighted by Crippen LogP contribution is -2.26. The lowest BCUT2D eigenvalue weighted by atomic mass is 10.1. The maximum atomic E-state index is 12.3. The van der Waals surface area contributed by atoms with Gasteiger partial charge in [0, 0.05) is 22.8 Å². The topological polar surface area (TPSA) is 75.3 Å². The van der Waals surface area contributed by atoms with Gasteiger partial charge in [0.05, 0.1) is 11.9 Å². The number of carbonyl (C=O) groups excluding carboxylic acids is 1. The number of rotatable bonds is 7. The predicted octanol–water partition coefficient (Wildman–Crippen LogP) is 3.20. The van der Waals surface area contributed by atoms with Gasteiger partial charge in [0.1, 0.15) is 0 Å². The lowest BCUT2D eigenvalue weighted by Gasteiger charge is -2.12. The fraction of sp³-hybridized carbons (Fsp3) is 0.278. The number of nitrogens with one attached hydrogen (secondary N) is 2. The first-order valence-corrected chi connectivity index (χ1v) is 10.7. The van der Waals surface area contributed by atoms with Crippen molar-refractivity contribution < 1.29 is 13.2 Å². The third-order valence-corrected chi connectivity index (χ3v) is 5.16. The average molecular weight is 379 g/mol. The summed E-state index contributed by atoms with van der Waals surface area (Å²) in [6, 6.07) is 13.2. The van der Waals surface area contributed by atoms with E-state index >= 15 is 0 Å². The van der Waals surface area contributed by atoms with Crippen molar-refractivity contribution in [2.45, 2.75) is 18.7 Å². The molecule has 25 heavy (non-hydrogen) atoms. The van der Waals surface area contributed by atoms with E-state index in [-0.39, 0.29) is 5.91 Å². The molecule has 0 fully saturated rings. The van der Waals surface area contributed by atoms with Crippen LogP contribution >= 0.6 is 11.8 Å². The zero-order valence-corrected chi connectivity index (χ0v) is 16.1. The average Bonchev–Trinajstić information content (AvgIpc) is 2.54. The van der Waals surface area contributed by atoms with E-state index in [1.165, 1.54) is 5.56 Å². The van der Waals surface area contributed by atoms with Crippen molar-refractivity contribution in [2.75, 3.05) is 23.3 Å². The molecule has 0 radical (unpaired) electrons. The van der Waals surface area contributed by atoms with Gasteiger partial charge in [0.15, 0.2) is 0 Å². The first-order valence-electron chi connectivity index (χ1n) is 7.81. The summed E-state index contributed by atoms with van der Waals surface area (Å²) in [7, 11) is -3.38. The Kier molecular flexibility index (Phi) is 6.50. The van der Waals surface area contributed by atoms with Gasteiger partial charge in [-0.15, -0.1) is 11.8 Å². The minimum absolute atomic E-state index is 0.209. The zero-order chi connectivity index (χ0) is 18.4. The third-order valence-electron chi connectivity index (χ3n) is 3.55. The van der Waals surface area contributed by atoms with E-state index in [2.05, 4.69) is 34.3 Å². The maximum absolute atomic E-state index is 12.3. The molecule has 2 aromatic carbocycles. The van der Waals surface area contributed by atoms with Gasteiger partial charge in [-0.3, -0.25) is 9.52 Å². The fourth-order valence-electron chi connectivity index (χ4n) is 2.26. The number of aryl methyl sites for hydroxylation is 1. The summed E-state index contributed by atoms with van der Waals surface area (Å²) in [6.07, 6.45) is 1.08. The summed E-state index contributed by atoms with van der Waals surface area (Å²) in [5.41, 5.74) is 2.71. The second-order valence-corrected chi connectivity index (χ2v) is 8.69. The number of amides is 1. The largest absolute Gasteiger partial charge is 0.351 e. The van der Waals surface area contributed by atoms with E-state index in [0.29, 0.717) is 23.4 Å². The first-order chi connectivity index (χ1) is 11.8. The van der Waals surface area contributed by atoms with Crippen LogP contribution in [0.3, 0.4) is 0 Å². The standard InChI is InChI=1S/C18H22N2O3S2/c1-13-7-9-15(10-8-13)24-12-11-19-18(21)16-5-4-6-17(14(16)2)20-25(3,22)23/h4-10,20H,11-12H2,1-3H3,(H,19,21). The molecule has 2 aromatic rings. The maximum Gasteiger partial charge on any atom is 0.251 e. The van der Waals surface area contributed by atoms with Crippen molar-refractivity contribution in [1.29, 1.82) is 0 Å². The van der Waals surface area contributed by atoms with Crippen LogP contribution in [0.15, 0.2) is 47.4 Å². The third kappa shape index (κ3) is 6.10. The van der Waals surface area contributed by atoms with Crippen molar-refractivity contribution >= 4 is 33.4 Å². The van der Waals surface area contributed by atoms with Gasteiger partial charge >= 0.3 is 0 Å². The summed E-state index contributed by atoms with van der Waals surface area (Å²) in [5.74, 6) is 0.550. The van der Waals surface area contributed by atoms with Crippen LogP contribution in [-0.2, 0) is 10.0 Å². The molecule has 2 rings (SSSR count). The van der Waals surface area contributed by atoms with Gasteiger partial charge in [0.25, 0.3) is 5.91 Å². The van der Waals surface area contributed by atoms with Crippen LogP contribution in [0.1, 0.15) is 21.5 Å². The minimum Gasteiger partial charge on any atom is -0.351 e. The Morgan fingerprint density at radius 3 is 2.40 bits per heavy atom. The number of anilines is 1. The van der Waals surface area contributed by atoms with Gasteiger partial charge < -0.3 is 5.32 Å². The highest BCUT2D eigenvalue weighted by Crippen LogP contribution is 2.20. The van der Waals surface area contributed by atoms with Crippen LogP contribution in [0, 0.1) is 13.8 Å². The normalized spacial score (nSPS) is 11.2. The molecule has 0 aliphatic rings. The summed E-state index contributed by atoms with van der Waals surface area (Å²) in [4.78, 5) is 13.5. The van der Waals surface area contributed by atoms with Crippen molar-refractivity contribution in [3.05, 3.63) is 59.2 Å². The Labute approximate surface area is 153 Å². The van der Waals surface area contributed by atoms with Gasteiger partial charge in [-0.05, 0) is 43.7 Å². The van der Waals surface area contributed by atoms with Gasteiger partial charge in [-0.2, -0.15) is 0 Å². The van der Waals surface area contributed by atoms with E-state index < -0.39 is 10.0 Å². The minimum atomic E-state index is -3.38. The van der Waals surface area contributed by atoms with Crippen LogP contribution in [0.5, 0.6) is 0 Å². The molecule has 5 nitrogen and oxygen atoms in total. The second-order valence-electron chi connectivity index (χ2n) is 5.77. The molecule has 0 spiro atoms. The van der Waals surface area contributed by atoms with Gasteiger partial charge in [-0.1, -0.05) is 23.8 Å². The van der Waals surface area contributed by atoms with Crippen molar-refractivity contribution in [3.8, 4) is 0 Å². The Morgan fingerprint density at radius 2 is 1.76 bits per heavy atom. The summed E-state index contributed by atoms with van der Waals surface area (Å²) >= 11 is 1.68. The number of thioether (sulfide) groups is 1. The number of benzene rings is 2. The van der Waals surface area contributed by atoms with Crippen molar-refractivity contribution in [2.24, 2.45) is 0 Å². The van der Waals surface area contributed by atoms with Crippen LogP contribution in [-0.4, -0.2) is 32.9 Å². The number of hydrogen-bond donors (Lipinski definition) is 2. The molecule has 0 unspecified atom stereocenters. The molecule has 0 atom stereocenters. The highest BCUT2D eigenvalue weighted by molar-refractivity contribution is 7.99. The van der Waals surface area contributed by atoms with Crippen LogP contribution < -0.4 is 10.0 Å². The van der Waals surface area contributed by atoms with Crippen LogP contribution in [0.25, 0.3) is 0 Å². The highest BCUT2D eigenvalue weighted by Gasteiger charge is 2.13. The summed E-state index contributed by atoms with van der Waals surface area (Å²) < 4.78 is 25.2. The monoisotopic (exact) mass is 378 g/mol. The molecule has 0 heterocycles. The molecule has 134 valence electrons. The second kappa shape index (κ2) is 8.40. The Hall–Kier alpha value is -1.99. The molecule has 0 saturated carbocycles. The van der Waals surface area contributed by atoms with Gasteiger partial charge in [-0.25, -0.2) is 8.42 Å². The molecule has 1 amide bonds. The van der Waals surface area contributed by atoms with E-state index in [9.17, 15) is 13.2 Å². The van der Waals surface area contributed by atoms with E-state index in [1.807, 2.05) is 6.92 Å². The summed E-state index contributed by atoms with van der Waals surface area (Å²) in [5, 5.41) is 2.87.